The molecule has 0 aliphatic rings. The highest BCUT2D eigenvalue weighted by Crippen LogP contribution is 2.19. The average Bonchev–Trinajstić information content (AvgIpc) is 2.42. The maximum absolute atomic E-state index is 10.3. The molecule has 0 atom stereocenters. The molecule has 0 amide bonds. The summed E-state index contributed by atoms with van der Waals surface area (Å²) < 4.78 is 5.05. The summed E-state index contributed by atoms with van der Waals surface area (Å²) >= 11 is 0. The number of methoxy groups -OCH3 is 1. The lowest BCUT2D eigenvalue weighted by atomic mass is 10.2. The maximum atomic E-state index is 10.3. The Kier molecular flexibility index (Phi) is 5.59. The molecule has 3 N–H and O–H groups in total. The molecule has 2 aromatic rings. The van der Waals surface area contributed by atoms with Crippen molar-refractivity contribution >= 4 is 11.7 Å². The molecule has 0 bridgehead atoms. The Morgan fingerprint density at radius 3 is 2.15 bits per heavy atom. The van der Waals surface area contributed by atoms with Crippen LogP contribution in [0.3, 0.4) is 0 Å². The van der Waals surface area contributed by atoms with E-state index in [9.17, 15) is 4.79 Å². The van der Waals surface area contributed by atoms with E-state index in [-0.39, 0.29) is 0 Å². The number of nitrogens with two attached hydrogens (primary N) is 1. The topological polar surface area (TPSA) is 72.5 Å². The van der Waals surface area contributed by atoms with Crippen LogP contribution in [0.15, 0.2) is 42.5 Å². The van der Waals surface area contributed by atoms with E-state index in [0.717, 1.165) is 22.6 Å². The van der Waals surface area contributed by atoms with Crippen molar-refractivity contribution < 1.29 is 14.6 Å². The summed E-state index contributed by atoms with van der Waals surface area (Å²) in [5.74, 6) is -0.0278. The van der Waals surface area contributed by atoms with Crippen LogP contribution in [0.25, 0.3) is 0 Å². The van der Waals surface area contributed by atoms with Crippen LogP contribution >= 0.6 is 0 Å². The lowest BCUT2D eigenvalue weighted by molar-refractivity contribution is 0.0697. The fourth-order valence-corrected chi connectivity index (χ4v) is 1.53. The molecule has 4 nitrogen and oxygen atoms in total. The van der Waals surface area contributed by atoms with Gasteiger partial charge in [0.25, 0.3) is 0 Å². The second-order valence-corrected chi connectivity index (χ2v) is 4.40. The second kappa shape index (κ2) is 7.19. The number of hydrogen-bond donors (Lipinski definition) is 2. The van der Waals surface area contributed by atoms with Gasteiger partial charge in [0, 0.05) is 11.8 Å². The Balaban J connectivity index is 0.000000200. The van der Waals surface area contributed by atoms with E-state index in [1.807, 2.05) is 32.0 Å². The number of carboxylic acid groups (broad SMARTS) is 1. The van der Waals surface area contributed by atoms with Gasteiger partial charge >= 0.3 is 5.97 Å². The lowest BCUT2D eigenvalue weighted by Gasteiger charge is -2.03. The maximum Gasteiger partial charge on any atom is 0.335 e. The SMILES string of the molecule is COc1cc(N)ccc1C.Cc1ccc(C(=O)O)cc1. The van der Waals surface area contributed by atoms with E-state index in [1.54, 1.807) is 31.4 Å². The molecule has 0 heterocycles. The average molecular weight is 273 g/mol. The number of carbonyl (C=O) groups is 1. The van der Waals surface area contributed by atoms with Crippen LogP contribution in [0.2, 0.25) is 0 Å². The van der Waals surface area contributed by atoms with Crippen molar-refractivity contribution in [2.75, 3.05) is 12.8 Å². The Hall–Kier alpha value is -2.49. The third-order valence-corrected chi connectivity index (χ3v) is 2.73. The van der Waals surface area contributed by atoms with Gasteiger partial charge in [0.2, 0.25) is 0 Å². The van der Waals surface area contributed by atoms with Gasteiger partial charge in [-0.3, -0.25) is 0 Å². The minimum absolute atomic E-state index is 0.339. The third-order valence-electron chi connectivity index (χ3n) is 2.73. The zero-order chi connectivity index (χ0) is 15.1. The number of nitrogen functional groups attached to an aromatic ring is 1. The molecule has 0 fully saturated rings. The van der Waals surface area contributed by atoms with Crippen LogP contribution in [0.4, 0.5) is 5.69 Å². The molecular formula is C16H19NO3. The summed E-state index contributed by atoms with van der Waals surface area (Å²) in [5.41, 5.74) is 8.78. The normalized spacial score (nSPS) is 9.35. The first-order valence-electron chi connectivity index (χ1n) is 6.14. The molecule has 0 aliphatic carbocycles. The van der Waals surface area contributed by atoms with E-state index in [2.05, 4.69) is 0 Å². The molecule has 106 valence electrons. The largest absolute Gasteiger partial charge is 0.496 e. The summed E-state index contributed by atoms with van der Waals surface area (Å²) in [7, 11) is 1.64. The zero-order valence-corrected chi connectivity index (χ0v) is 11.9. The van der Waals surface area contributed by atoms with Crippen molar-refractivity contribution in [3.8, 4) is 5.75 Å². The standard InChI is InChI=1S/C8H11NO.C8H8O2/c1-6-3-4-7(9)5-8(6)10-2;1-6-2-4-7(5-3-6)8(9)10/h3-5H,9H2,1-2H3;2-5H,1H3,(H,9,10). The Bertz CT molecular complexity index is 577. The number of rotatable bonds is 2. The fourth-order valence-electron chi connectivity index (χ4n) is 1.53. The van der Waals surface area contributed by atoms with E-state index in [4.69, 9.17) is 15.6 Å². The fraction of sp³-hybridized carbons (Fsp3) is 0.188. The number of aromatic carboxylic acids is 1. The van der Waals surface area contributed by atoms with Crippen LogP contribution < -0.4 is 10.5 Å². The van der Waals surface area contributed by atoms with Crippen LogP contribution in [-0.2, 0) is 0 Å². The molecule has 2 rings (SSSR count). The quantitative estimate of drug-likeness (QED) is 0.824. The lowest BCUT2D eigenvalue weighted by Crippen LogP contribution is -1.94. The number of ether oxygens (including phenoxy) is 1. The van der Waals surface area contributed by atoms with Gasteiger partial charge in [-0.2, -0.15) is 0 Å². The third kappa shape index (κ3) is 4.65. The van der Waals surface area contributed by atoms with Gasteiger partial charge < -0.3 is 15.6 Å². The first kappa shape index (κ1) is 15.6. The van der Waals surface area contributed by atoms with E-state index in [1.165, 1.54) is 0 Å². The van der Waals surface area contributed by atoms with Crippen molar-refractivity contribution in [2.24, 2.45) is 0 Å². The summed E-state index contributed by atoms with van der Waals surface area (Å²) in [5, 5.41) is 8.48. The summed E-state index contributed by atoms with van der Waals surface area (Å²) in [4.78, 5) is 10.3. The highest BCUT2D eigenvalue weighted by Gasteiger charge is 1.98. The van der Waals surface area contributed by atoms with Gasteiger partial charge in [0.05, 0.1) is 12.7 Å². The molecule has 0 saturated heterocycles. The number of aryl methyl sites for hydroxylation is 2. The molecular weight excluding hydrogens is 254 g/mol. The van der Waals surface area contributed by atoms with Crippen molar-refractivity contribution in [2.45, 2.75) is 13.8 Å². The summed E-state index contributed by atoms with van der Waals surface area (Å²) in [6, 6.07) is 12.4. The Morgan fingerprint density at radius 1 is 1.10 bits per heavy atom. The molecule has 0 spiro atoms. The number of anilines is 1. The summed E-state index contributed by atoms with van der Waals surface area (Å²) in [6.07, 6.45) is 0. The predicted octanol–water partition coefficient (Wildman–Crippen LogP) is 3.28. The summed E-state index contributed by atoms with van der Waals surface area (Å²) in [6.45, 7) is 3.91. The van der Waals surface area contributed by atoms with Crippen LogP contribution in [0.1, 0.15) is 21.5 Å². The number of carboxylic acids is 1. The monoisotopic (exact) mass is 273 g/mol. The highest BCUT2D eigenvalue weighted by atomic mass is 16.5. The smallest absolute Gasteiger partial charge is 0.335 e. The molecule has 0 aliphatic heterocycles. The van der Waals surface area contributed by atoms with Gasteiger partial charge in [-0.25, -0.2) is 4.79 Å². The molecule has 0 aromatic heterocycles. The van der Waals surface area contributed by atoms with Crippen LogP contribution in [0.5, 0.6) is 5.75 Å². The van der Waals surface area contributed by atoms with Gasteiger partial charge in [-0.05, 0) is 37.6 Å². The van der Waals surface area contributed by atoms with Gasteiger partial charge in [0.1, 0.15) is 5.75 Å². The Labute approximate surface area is 118 Å². The van der Waals surface area contributed by atoms with E-state index < -0.39 is 5.97 Å². The Morgan fingerprint density at radius 2 is 1.70 bits per heavy atom. The zero-order valence-electron chi connectivity index (χ0n) is 11.9. The van der Waals surface area contributed by atoms with Crippen molar-refractivity contribution in [3.05, 3.63) is 59.2 Å². The second-order valence-electron chi connectivity index (χ2n) is 4.40. The predicted molar refractivity (Wildman–Crippen MR) is 80.3 cm³/mol. The highest BCUT2D eigenvalue weighted by molar-refractivity contribution is 5.87. The van der Waals surface area contributed by atoms with Gasteiger partial charge in [-0.1, -0.05) is 23.8 Å². The molecule has 0 radical (unpaired) electrons. The van der Waals surface area contributed by atoms with E-state index in [0.29, 0.717) is 5.56 Å². The van der Waals surface area contributed by atoms with Gasteiger partial charge in [0.15, 0.2) is 0 Å². The number of hydrogen-bond acceptors (Lipinski definition) is 3. The van der Waals surface area contributed by atoms with Crippen molar-refractivity contribution in [1.82, 2.24) is 0 Å². The van der Waals surface area contributed by atoms with Crippen LogP contribution in [0, 0.1) is 13.8 Å². The molecule has 0 saturated carbocycles. The van der Waals surface area contributed by atoms with E-state index >= 15 is 0 Å². The molecule has 20 heavy (non-hydrogen) atoms. The van der Waals surface area contributed by atoms with Crippen LogP contribution in [-0.4, -0.2) is 18.2 Å². The van der Waals surface area contributed by atoms with Gasteiger partial charge in [-0.15, -0.1) is 0 Å². The molecule has 4 heteroatoms. The molecule has 2 aromatic carbocycles. The first-order valence-corrected chi connectivity index (χ1v) is 6.14. The van der Waals surface area contributed by atoms with Crippen molar-refractivity contribution in [3.63, 3.8) is 0 Å². The number of benzene rings is 2. The minimum atomic E-state index is -0.875. The minimum Gasteiger partial charge on any atom is -0.496 e. The first-order chi connectivity index (χ1) is 9.43. The van der Waals surface area contributed by atoms with Crippen molar-refractivity contribution in [1.29, 1.82) is 0 Å². The molecule has 0 unspecified atom stereocenters.